The van der Waals surface area contributed by atoms with Gasteiger partial charge in [0, 0.05) is 11.1 Å². The molecular weight excluding hydrogens is 362 g/mol. The maximum Gasteiger partial charge on any atom is 0.264 e. The lowest BCUT2D eigenvalue weighted by molar-refractivity contribution is -0.115. The second-order valence-corrected chi connectivity index (χ2v) is 6.58. The zero-order valence-corrected chi connectivity index (χ0v) is 14.1. The molecule has 1 fully saturated rings. The van der Waals surface area contributed by atoms with Gasteiger partial charge in [-0.05, 0) is 54.2 Å². The van der Waals surface area contributed by atoms with Crippen LogP contribution in [0.1, 0.15) is 11.1 Å². The van der Waals surface area contributed by atoms with Gasteiger partial charge in [0.25, 0.3) is 5.91 Å². The van der Waals surface area contributed by atoms with Gasteiger partial charge in [-0.2, -0.15) is 0 Å². The lowest BCUT2D eigenvalue weighted by Crippen LogP contribution is -2.19. The van der Waals surface area contributed by atoms with Gasteiger partial charge in [0.2, 0.25) is 0 Å². The summed E-state index contributed by atoms with van der Waals surface area (Å²) in [5.74, 6) is -0.644. The predicted octanol–water partition coefficient (Wildman–Crippen LogP) is 3.72. The van der Waals surface area contributed by atoms with E-state index in [2.05, 4.69) is 10.3 Å². The van der Waals surface area contributed by atoms with E-state index in [9.17, 15) is 13.6 Å². The molecule has 2 aromatic rings. The normalized spacial score (nSPS) is 19.4. The summed E-state index contributed by atoms with van der Waals surface area (Å²) in [4.78, 5) is 16.8. The quantitative estimate of drug-likeness (QED) is 0.814. The van der Waals surface area contributed by atoms with Crippen LogP contribution in [-0.4, -0.2) is 17.9 Å². The molecule has 0 atom stereocenters. The fraction of sp³-hybridized carbons (Fsp3) is 0.111. The van der Waals surface area contributed by atoms with Crippen molar-refractivity contribution in [2.24, 2.45) is 4.99 Å². The number of thioether (sulfide) groups is 1. The standard InChI is InChI=1S/C18H12F2N2O3S/c19-12-1-3-14(4-2-12)21-18-22-17(23)15(26-18)7-10-5-13(20)6-11-8-24-9-25-16(10)11/h1-7H,8-9H2,(H,21,22,23)/b15-7+. The van der Waals surface area contributed by atoms with E-state index in [1.807, 2.05) is 0 Å². The zero-order chi connectivity index (χ0) is 18.1. The summed E-state index contributed by atoms with van der Waals surface area (Å²) in [7, 11) is 0. The molecule has 2 aromatic carbocycles. The first kappa shape index (κ1) is 16.7. The van der Waals surface area contributed by atoms with Crippen LogP contribution in [0.3, 0.4) is 0 Å². The molecule has 132 valence electrons. The summed E-state index contributed by atoms with van der Waals surface area (Å²) in [5.41, 5.74) is 1.56. The van der Waals surface area contributed by atoms with Gasteiger partial charge in [0.1, 0.15) is 17.4 Å². The molecule has 1 N–H and O–H groups in total. The number of carbonyl (C=O) groups is 1. The fourth-order valence-corrected chi connectivity index (χ4v) is 3.40. The number of hydrogen-bond acceptors (Lipinski definition) is 5. The molecule has 0 saturated carbocycles. The van der Waals surface area contributed by atoms with E-state index in [-0.39, 0.29) is 25.1 Å². The molecule has 8 heteroatoms. The minimum Gasteiger partial charge on any atom is -0.467 e. The minimum atomic E-state index is -0.437. The van der Waals surface area contributed by atoms with Crippen molar-refractivity contribution in [2.75, 3.05) is 6.79 Å². The summed E-state index contributed by atoms with van der Waals surface area (Å²) in [6, 6.07) is 8.24. The summed E-state index contributed by atoms with van der Waals surface area (Å²) in [6.07, 6.45) is 1.56. The summed E-state index contributed by atoms with van der Waals surface area (Å²) < 4.78 is 37.4. The van der Waals surface area contributed by atoms with Gasteiger partial charge < -0.3 is 14.8 Å². The van der Waals surface area contributed by atoms with Crippen LogP contribution in [0.5, 0.6) is 5.75 Å². The molecule has 0 bridgehead atoms. The van der Waals surface area contributed by atoms with Gasteiger partial charge in [0.05, 0.1) is 17.2 Å². The minimum absolute atomic E-state index is 0.0748. The summed E-state index contributed by atoms with van der Waals surface area (Å²) in [6.45, 7) is 0.325. The highest BCUT2D eigenvalue weighted by molar-refractivity contribution is 8.18. The smallest absolute Gasteiger partial charge is 0.264 e. The van der Waals surface area contributed by atoms with Crippen LogP contribution in [0, 0.1) is 11.6 Å². The van der Waals surface area contributed by atoms with Gasteiger partial charge in [-0.15, -0.1) is 0 Å². The number of carbonyl (C=O) groups excluding carboxylic acids is 1. The highest BCUT2D eigenvalue weighted by atomic mass is 32.2. The number of benzene rings is 2. The van der Waals surface area contributed by atoms with Crippen molar-refractivity contribution in [3.05, 3.63) is 64.1 Å². The third kappa shape index (κ3) is 3.47. The molecule has 2 heterocycles. The van der Waals surface area contributed by atoms with Gasteiger partial charge in [-0.25, -0.2) is 13.8 Å². The number of rotatable bonds is 2. The van der Waals surface area contributed by atoms with E-state index in [0.717, 1.165) is 11.8 Å². The number of nitrogens with zero attached hydrogens (tertiary/aromatic N) is 1. The SMILES string of the molecule is O=C1NC(=Nc2ccc(F)cc2)S/C1=C/c1cc(F)cc2c1OCOC2. The van der Waals surface area contributed by atoms with Crippen LogP contribution in [0.25, 0.3) is 6.08 Å². The molecule has 0 aromatic heterocycles. The largest absolute Gasteiger partial charge is 0.467 e. The Labute approximate surface area is 151 Å². The van der Waals surface area contributed by atoms with Crippen LogP contribution < -0.4 is 10.1 Å². The van der Waals surface area contributed by atoms with Crippen LogP contribution in [0.4, 0.5) is 14.5 Å². The molecule has 2 aliphatic heterocycles. The molecule has 0 radical (unpaired) electrons. The average Bonchev–Trinajstić information content (AvgIpc) is 2.96. The van der Waals surface area contributed by atoms with E-state index < -0.39 is 5.82 Å². The number of aliphatic imine (C=N–C) groups is 1. The summed E-state index contributed by atoms with van der Waals surface area (Å²) in [5, 5.41) is 3.00. The molecular formula is C18H12F2N2O3S. The van der Waals surface area contributed by atoms with Crippen molar-refractivity contribution in [2.45, 2.75) is 6.61 Å². The highest BCUT2D eigenvalue weighted by Gasteiger charge is 2.25. The van der Waals surface area contributed by atoms with Crippen molar-refractivity contribution in [3.8, 4) is 5.75 Å². The van der Waals surface area contributed by atoms with Crippen LogP contribution in [-0.2, 0) is 16.1 Å². The van der Waals surface area contributed by atoms with Crippen molar-refractivity contribution in [3.63, 3.8) is 0 Å². The first-order valence-electron chi connectivity index (χ1n) is 7.66. The van der Waals surface area contributed by atoms with Crippen molar-refractivity contribution in [1.29, 1.82) is 0 Å². The predicted molar refractivity (Wildman–Crippen MR) is 93.9 cm³/mol. The van der Waals surface area contributed by atoms with Crippen LogP contribution in [0.15, 0.2) is 46.3 Å². The maximum absolute atomic E-state index is 13.8. The Morgan fingerprint density at radius 1 is 1.15 bits per heavy atom. The monoisotopic (exact) mass is 374 g/mol. The molecule has 26 heavy (non-hydrogen) atoms. The second-order valence-electron chi connectivity index (χ2n) is 5.55. The van der Waals surface area contributed by atoms with E-state index in [1.54, 1.807) is 6.08 Å². The number of nitrogens with one attached hydrogen (secondary N) is 1. The number of halogens is 2. The molecule has 1 saturated heterocycles. The molecule has 1 amide bonds. The third-order valence-corrected chi connectivity index (χ3v) is 4.61. The van der Waals surface area contributed by atoms with Gasteiger partial charge in [-0.3, -0.25) is 4.79 Å². The Hall–Kier alpha value is -2.71. The van der Waals surface area contributed by atoms with Crippen LogP contribution >= 0.6 is 11.8 Å². The van der Waals surface area contributed by atoms with E-state index in [0.29, 0.717) is 32.6 Å². The fourth-order valence-electron chi connectivity index (χ4n) is 2.57. The summed E-state index contributed by atoms with van der Waals surface area (Å²) >= 11 is 1.12. The van der Waals surface area contributed by atoms with Gasteiger partial charge >= 0.3 is 0 Å². The second kappa shape index (κ2) is 6.89. The first-order valence-corrected chi connectivity index (χ1v) is 8.48. The number of hydrogen-bond donors (Lipinski definition) is 1. The van der Waals surface area contributed by atoms with Gasteiger partial charge in [0.15, 0.2) is 12.0 Å². The van der Waals surface area contributed by atoms with E-state index in [4.69, 9.17) is 9.47 Å². The molecule has 0 aliphatic carbocycles. The lowest BCUT2D eigenvalue weighted by Gasteiger charge is -2.19. The Kier molecular flexibility index (Phi) is 4.44. The highest BCUT2D eigenvalue weighted by Crippen LogP contribution is 2.34. The number of ether oxygens (including phenoxy) is 2. The number of amidine groups is 1. The third-order valence-electron chi connectivity index (χ3n) is 3.70. The number of fused-ring (bicyclic) bond motifs is 1. The lowest BCUT2D eigenvalue weighted by atomic mass is 10.1. The molecule has 0 spiro atoms. The molecule has 5 nitrogen and oxygen atoms in total. The topological polar surface area (TPSA) is 59.9 Å². The van der Waals surface area contributed by atoms with Crippen LogP contribution in [0.2, 0.25) is 0 Å². The Morgan fingerprint density at radius 3 is 2.77 bits per heavy atom. The average molecular weight is 374 g/mol. The molecule has 4 rings (SSSR count). The zero-order valence-electron chi connectivity index (χ0n) is 13.3. The van der Waals surface area contributed by atoms with Crippen molar-refractivity contribution < 1.29 is 23.0 Å². The van der Waals surface area contributed by atoms with Gasteiger partial charge in [-0.1, -0.05) is 0 Å². The Bertz CT molecular complexity index is 942. The Balaban J connectivity index is 1.63. The molecule has 0 unspecified atom stereocenters. The van der Waals surface area contributed by atoms with E-state index >= 15 is 0 Å². The van der Waals surface area contributed by atoms with E-state index in [1.165, 1.54) is 36.4 Å². The number of amides is 1. The van der Waals surface area contributed by atoms with Crippen molar-refractivity contribution in [1.82, 2.24) is 5.32 Å². The maximum atomic E-state index is 13.8. The molecule has 2 aliphatic rings. The Morgan fingerprint density at radius 2 is 1.96 bits per heavy atom. The first-order chi connectivity index (χ1) is 12.6. The van der Waals surface area contributed by atoms with Crippen molar-refractivity contribution >= 4 is 34.6 Å².